The van der Waals surface area contributed by atoms with Crippen molar-refractivity contribution < 1.29 is 13.2 Å². The number of anilines is 1. The quantitative estimate of drug-likeness (QED) is 0.608. The summed E-state index contributed by atoms with van der Waals surface area (Å²) in [5.41, 5.74) is 1.72. The Morgan fingerprint density at radius 3 is 2.37 bits per heavy atom. The van der Waals surface area contributed by atoms with Gasteiger partial charge < -0.3 is 10.1 Å². The molecule has 1 aliphatic rings. The Morgan fingerprint density at radius 2 is 1.74 bits per heavy atom. The lowest BCUT2D eigenvalue weighted by Gasteiger charge is -2.27. The number of amidine groups is 1. The highest BCUT2D eigenvalue weighted by molar-refractivity contribution is 7.90. The van der Waals surface area contributed by atoms with Gasteiger partial charge in [0.2, 0.25) is 0 Å². The zero-order chi connectivity index (χ0) is 19.3. The summed E-state index contributed by atoms with van der Waals surface area (Å²) in [5, 5.41) is 3.73. The summed E-state index contributed by atoms with van der Waals surface area (Å²) in [7, 11) is -3.81. The molecule has 0 amide bonds. The summed E-state index contributed by atoms with van der Waals surface area (Å²) in [6.45, 7) is 5.00. The lowest BCUT2D eigenvalue weighted by molar-refractivity contribution is 0.0453. The Morgan fingerprint density at radius 1 is 1.11 bits per heavy atom. The van der Waals surface area contributed by atoms with Gasteiger partial charge >= 0.3 is 0 Å². The number of nitrogens with one attached hydrogen (secondary N) is 1. The molecule has 144 valence electrons. The van der Waals surface area contributed by atoms with Crippen molar-refractivity contribution in [1.82, 2.24) is 4.90 Å². The molecule has 0 aliphatic carbocycles. The van der Waals surface area contributed by atoms with Crippen molar-refractivity contribution in [2.24, 2.45) is 4.40 Å². The van der Waals surface area contributed by atoms with Gasteiger partial charge in [-0.1, -0.05) is 29.3 Å². The Bertz CT molecular complexity index is 891. The SMILES string of the molecule is Cc1ccc(S(=O)(=O)N=C(CN2CCOCC2)Nc2ccc(Cl)cc2)cc1. The van der Waals surface area contributed by atoms with Gasteiger partial charge in [-0.15, -0.1) is 4.40 Å². The van der Waals surface area contributed by atoms with Crippen LogP contribution in [0, 0.1) is 6.92 Å². The fourth-order valence-electron chi connectivity index (χ4n) is 2.67. The standard InChI is InChI=1S/C19H22ClN3O3S/c1-15-2-8-18(9-3-15)27(24,25)22-19(14-23-10-12-26-13-11-23)21-17-6-4-16(20)5-7-17/h2-9H,10-14H2,1H3,(H,21,22). The molecule has 0 bridgehead atoms. The molecule has 0 atom stereocenters. The molecule has 0 radical (unpaired) electrons. The van der Waals surface area contributed by atoms with E-state index in [-0.39, 0.29) is 4.90 Å². The third-order valence-corrected chi connectivity index (χ3v) is 5.74. The Kier molecular flexibility index (Phi) is 6.49. The monoisotopic (exact) mass is 407 g/mol. The van der Waals surface area contributed by atoms with E-state index in [4.69, 9.17) is 16.3 Å². The Balaban J connectivity index is 1.87. The number of morpholine rings is 1. The van der Waals surface area contributed by atoms with Gasteiger partial charge in [0.05, 0.1) is 24.7 Å². The first-order chi connectivity index (χ1) is 12.9. The summed E-state index contributed by atoms with van der Waals surface area (Å²) < 4.78 is 34.9. The number of benzene rings is 2. The van der Waals surface area contributed by atoms with Crippen LogP contribution in [0.2, 0.25) is 5.02 Å². The lowest BCUT2D eigenvalue weighted by Crippen LogP contribution is -2.41. The highest BCUT2D eigenvalue weighted by Gasteiger charge is 2.18. The van der Waals surface area contributed by atoms with Crippen LogP contribution in [-0.2, 0) is 14.8 Å². The van der Waals surface area contributed by atoms with Gasteiger partial charge in [0.1, 0.15) is 5.84 Å². The second kappa shape index (κ2) is 8.84. The molecular formula is C19H22ClN3O3S. The van der Waals surface area contributed by atoms with Crippen LogP contribution in [0.1, 0.15) is 5.56 Å². The van der Waals surface area contributed by atoms with E-state index < -0.39 is 10.0 Å². The molecule has 1 aliphatic heterocycles. The van der Waals surface area contributed by atoms with E-state index in [0.717, 1.165) is 24.3 Å². The summed E-state index contributed by atoms with van der Waals surface area (Å²) in [6.07, 6.45) is 0. The van der Waals surface area contributed by atoms with Gasteiger partial charge in [-0.2, -0.15) is 8.42 Å². The molecule has 2 aromatic rings. The van der Waals surface area contributed by atoms with Crippen molar-refractivity contribution in [3.8, 4) is 0 Å². The van der Waals surface area contributed by atoms with E-state index in [0.29, 0.717) is 30.6 Å². The molecule has 3 rings (SSSR count). The van der Waals surface area contributed by atoms with E-state index in [1.165, 1.54) is 0 Å². The molecule has 27 heavy (non-hydrogen) atoms. The maximum Gasteiger partial charge on any atom is 0.283 e. The number of sulfonamides is 1. The third kappa shape index (κ3) is 5.77. The molecule has 0 unspecified atom stereocenters. The summed E-state index contributed by atoms with van der Waals surface area (Å²) in [4.78, 5) is 2.28. The molecule has 1 N–H and O–H groups in total. The van der Waals surface area contributed by atoms with Gasteiger partial charge in [-0.25, -0.2) is 0 Å². The number of aryl methyl sites for hydroxylation is 1. The molecule has 1 heterocycles. The molecule has 0 saturated carbocycles. The van der Waals surface area contributed by atoms with E-state index >= 15 is 0 Å². The highest BCUT2D eigenvalue weighted by atomic mass is 35.5. The number of hydrogen-bond acceptors (Lipinski definition) is 4. The average Bonchev–Trinajstić information content (AvgIpc) is 2.64. The molecule has 0 spiro atoms. The van der Waals surface area contributed by atoms with Crippen molar-refractivity contribution in [1.29, 1.82) is 0 Å². The van der Waals surface area contributed by atoms with E-state index in [1.54, 1.807) is 48.5 Å². The van der Waals surface area contributed by atoms with Crippen LogP contribution in [0.3, 0.4) is 0 Å². The summed E-state index contributed by atoms with van der Waals surface area (Å²) >= 11 is 5.93. The van der Waals surface area contributed by atoms with Crippen LogP contribution in [0.25, 0.3) is 0 Å². The maximum atomic E-state index is 12.7. The summed E-state index contributed by atoms with van der Waals surface area (Å²) in [6, 6.07) is 13.7. The van der Waals surface area contributed by atoms with Crippen LogP contribution in [0.4, 0.5) is 5.69 Å². The molecule has 1 saturated heterocycles. The second-order valence-electron chi connectivity index (χ2n) is 6.35. The van der Waals surface area contributed by atoms with E-state index in [2.05, 4.69) is 14.6 Å². The van der Waals surface area contributed by atoms with Crippen LogP contribution in [0.15, 0.2) is 57.8 Å². The fourth-order valence-corrected chi connectivity index (χ4v) is 3.78. The first-order valence-corrected chi connectivity index (χ1v) is 10.5. The van der Waals surface area contributed by atoms with E-state index in [1.807, 2.05) is 6.92 Å². The first-order valence-electron chi connectivity index (χ1n) is 8.65. The van der Waals surface area contributed by atoms with Gasteiger partial charge in [0.15, 0.2) is 0 Å². The van der Waals surface area contributed by atoms with Crippen molar-refractivity contribution in [3.05, 3.63) is 59.1 Å². The van der Waals surface area contributed by atoms with Gasteiger partial charge in [-0.3, -0.25) is 4.90 Å². The summed E-state index contributed by atoms with van der Waals surface area (Å²) in [5.74, 6) is 0.361. The minimum atomic E-state index is -3.81. The number of rotatable bonds is 5. The number of ether oxygens (including phenoxy) is 1. The largest absolute Gasteiger partial charge is 0.379 e. The highest BCUT2D eigenvalue weighted by Crippen LogP contribution is 2.16. The van der Waals surface area contributed by atoms with Gasteiger partial charge in [0, 0.05) is 23.8 Å². The fraction of sp³-hybridized carbons (Fsp3) is 0.316. The Hall–Kier alpha value is -1.93. The second-order valence-corrected chi connectivity index (χ2v) is 8.39. The lowest BCUT2D eigenvalue weighted by atomic mass is 10.2. The van der Waals surface area contributed by atoms with Crippen molar-refractivity contribution in [2.45, 2.75) is 11.8 Å². The normalized spacial score (nSPS) is 16.3. The molecule has 1 fully saturated rings. The predicted molar refractivity (Wildman–Crippen MR) is 108 cm³/mol. The zero-order valence-electron chi connectivity index (χ0n) is 15.1. The minimum absolute atomic E-state index is 0.172. The van der Waals surface area contributed by atoms with Crippen LogP contribution in [-0.4, -0.2) is 52.0 Å². The number of halogens is 1. The van der Waals surface area contributed by atoms with Crippen molar-refractivity contribution in [2.75, 3.05) is 38.2 Å². The van der Waals surface area contributed by atoms with Crippen LogP contribution < -0.4 is 5.32 Å². The molecule has 2 aromatic carbocycles. The maximum absolute atomic E-state index is 12.7. The topological polar surface area (TPSA) is 71.0 Å². The number of hydrogen-bond donors (Lipinski definition) is 1. The average molecular weight is 408 g/mol. The van der Waals surface area contributed by atoms with Gasteiger partial charge in [-0.05, 0) is 43.3 Å². The minimum Gasteiger partial charge on any atom is -0.379 e. The zero-order valence-corrected chi connectivity index (χ0v) is 16.6. The first kappa shape index (κ1) is 19.8. The van der Waals surface area contributed by atoms with Crippen LogP contribution in [0.5, 0.6) is 0 Å². The van der Waals surface area contributed by atoms with Crippen molar-refractivity contribution >= 4 is 33.1 Å². The van der Waals surface area contributed by atoms with Crippen LogP contribution >= 0.6 is 11.6 Å². The molecular weight excluding hydrogens is 386 g/mol. The predicted octanol–water partition coefficient (Wildman–Crippen LogP) is 3.18. The van der Waals surface area contributed by atoms with E-state index in [9.17, 15) is 8.42 Å². The van der Waals surface area contributed by atoms with Gasteiger partial charge in [0.25, 0.3) is 10.0 Å². The Labute approximate surface area is 164 Å². The molecule has 6 nitrogen and oxygen atoms in total. The third-order valence-electron chi connectivity index (χ3n) is 4.16. The molecule has 8 heteroatoms. The van der Waals surface area contributed by atoms with Crippen molar-refractivity contribution in [3.63, 3.8) is 0 Å². The molecule has 0 aromatic heterocycles. The number of nitrogens with zero attached hydrogens (tertiary/aromatic N) is 2. The smallest absolute Gasteiger partial charge is 0.283 e.